The molecule has 0 bridgehead atoms. The first-order chi connectivity index (χ1) is 9.00. The van der Waals surface area contributed by atoms with E-state index in [9.17, 15) is 19.2 Å². The van der Waals surface area contributed by atoms with Gasteiger partial charge in [0.15, 0.2) is 0 Å². The predicted molar refractivity (Wildman–Crippen MR) is 66.2 cm³/mol. The number of amides is 4. The van der Waals surface area contributed by atoms with Gasteiger partial charge in [-0.2, -0.15) is 0 Å². The summed E-state index contributed by atoms with van der Waals surface area (Å²) in [5, 5.41) is 2.09. The predicted octanol–water partition coefficient (Wildman–Crippen LogP) is 0.460. The fraction of sp³-hybridized carbons (Fsp3) is 0.167. The second-order valence-corrected chi connectivity index (χ2v) is 5.13. The number of hydrogen-bond acceptors (Lipinski definition) is 4. The first kappa shape index (κ1) is 12.0. The third kappa shape index (κ3) is 1.61. The Morgan fingerprint density at radius 1 is 1.16 bits per heavy atom. The number of nitrogens with zero attached hydrogens (tertiary/aromatic N) is 1. The van der Waals surface area contributed by atoms with Crippen LogP contribution in [0.5, 0.6) is 0 Å². The fourth-order valence-electron chi connectivity index (χ4n) is 2.29. The van der Waals surface area contributed by atoms with Gasteiger partial charge < -0.3 is 0 Å². The molecular weight excluding hydrogens is 316 g/mol. The lowest BCUT2D eigenvalue weighted by atomic mass is 10.1. The van der Waals surface area contributed by atoms with Crippen LogP contribution in [-0.2, 0) is 9.59 Å². The average molecular weight is 323 g/mol. The molecule has 96 valence electrons. The Balaban J connectivity index is 2.06. The van der Waals surface area contributed by atoms with Crippen molar-refractivity contribution in [1.82, 2.24) is 10.2 Å². The van der Waals surface area contributed by atoms with Gasteiger partial charge in [0.05, 0.1) is 17.5 Å². The molecule has 1 aromatic rings. The van der Waals surface area contributed by atoms with Crippen molar-refractivity contribution in [1.29, 1.82) is 0 Å². The summed E-state index contributed by atoms with van der Waals surface area (Å²) < 4.78 is 0.496. The van der Waals surface area contributed by atoms with Crippen LogP contribution in [0.3, 0.4) is 0 Å². The van der Waals surface area contributed by atoms with Crippen molar-refractivity contribution in [2.75, 3.05) is 0 Å². The van der Waals surface area contributed by atoms with Gasteiger partial charge in [-0.05, 0) is 28.1 Å². The van der Waals surface area contributed by atoms with Gasteiger partial charge in [-0.3, -0.25) is 29.4 Å². The van der Waals surface area contributed by atoms with Gasteiger partial charge in [-0.25, -0.2) is 0 Å². The van der Waals surface area contributed by atoms with E-state index >= 15 is 0 Å². The Hall–Kier alpha value is -2.02. The lowest BCUT2D eigenvalue weighted by molar-refractivity contribution is -0.125. The maximum Gasteiger partial charge on any atom is 0.263 e. The molecule has 1 unspecified atom stereocenters. The number of halogens is 1. The van der Waals surface area contributed by atoms with Crippen molar-refractivity contribution in [3.8, 4) is 0 Å². The molecule has 0 spiro atoms. The van der Waals surface area contributed by atoms with Gasteiger partial charge in [0.2, 0.25) is 11.8 Å². The molecule has 2 aliphatic heterocycles. The Labute approximate surface area is 115 Å². The number of nitrogens with one attached hydrogen (secondary N) is 1. The van der Waals surface area contributed by atoms with Gasteiger partial charge in [0.25, 0.3) is 11.8 Å². The minimum atomic E-state index is -1.05. The molecule has 1 aromatic carbocycles. The quantitative estimate of drug-likeness (QED) is 0.761. The van der Waals surface area contributed by atoms with E-state index in [2.05, 4.69) is 21.2 Å². The minimum Gasteiger partial charge on any atom is -0.295 e. The molecule has 1 N–H and O–H groups in total. The summed E-state index contributed by atoms with van der Waals surface area (Å²) in [5.74, 6) is -2.19. The molecule has 2 aliphatic rings. The minimum absolute atomic E-state index is 0.179. The van der Waals surface area contributed by atoms with Crippen LogP contribution < -0.4 is 5.32 Å². The Kier molecular flexibility index (Phi) is 2.53. The molecule has 0 aromatic heterocycles. The van der Waals surface area contributed by atoms with Crippen molar-refractivity contribution >= 4 is 39.6 Å². The fourth-order valence-corrected chi connectivity index (χ4v) is 2.83. The van der Waals surface area contributed by atoms with Crippen LogP contribution in [0.2, 0.25) is 0 Å². The molecule has 1 saturated heterocycles. The molecule has 2 heterocycles. The van der Waals surface area contributed by atoms with Crippen LogP contribution in [0.15, 0.2) is 22.7 Å². The lowest BCUT2D eigenvalue weighted by Gasteiger charge is -2.18. The summed E-state index contributed by atoms with van der Waals surface area (Å²) in [6.07, 6.45) is -0.179. The van der Waals surface area contributed by atoms with Gasteiger partial charge in [0.1, 0.15) is 6.04 Å². The maximum atomic E-state index is 12.3. The summed E-state index contributed by atoms with van der Waals surface area (Å²) in [4.78, 5) is 48.1. The highest BCUT2D eigenvalue weighted by atomic mass is 79.9. The summed E-state index contributed by atoms with van der Waals surface area (Å²) in [7, 11) is 0. The van der Waals surface area contributed by atoms with E-state index in [1.165, 1.54) is 6.07 Å². The number of benzene rings is 1. The van der Waals surface area contributed by atoms with Gasteiger partial charge >= 0.3 is 0 Å². The second-order valence-electron chi connectivity index (χ2n) is 4.28. The van der Waals surface area contributed by atoms with E-state index in [0.29, 0.717) is 4.47 Å². The van der Waals surface area contributed by atoms with Crippen LogP contribution in [0.4, 0.5) is 0 Å². The molecule has 0 aliphatic carbocycles. The molecule has 1 fully saturated rings. The third-order valence-electron chi connectivity index (χ3n) is 3.15. The molecule has 1 atom stereocenters. The van der Waals surface area contributed by atoms with E-state index in [0.717, 1.165) is 4.90 Å². The molecule has 6 nitrogen and oxygen atoms in total. The van der Waals surface area contributed by atoms with E-state index in [4.69, 9.17) is 0 Å². The molecule has 7 heteroatoms. The van der Waals surface area contributed by atoms with Crippen LogP contribution in [0.25, 0.3) is 0 Å². The maximum absolute atomic E-state index is 12.3. The zero-order valence-corrected chi connectivity index (χ0v) is 11.1. The van der Waals surface area contributed by atoms with Crippen LogP contribution in [0.1, 0.15) is 27.1 Å². The topological polar surface area (TPSA) is 83.6 Å². The van der Waals surface area contributed by atoms with E-state index in [-0.39, 0.29) is 17.5 Å². The van der Waals surface area contributed by atoms with Crippen LogP contribution in [-0.4, -0.2) is 34.6 Å². The highest BCUT2D eigenvalue weighted by molar-refractivity contribution is 9.10. The summed E-state index contributed by atoms with van der Waals surface area (Å²) in [6, 6.07) is 3.76. The van der Waals surface area contributed by atoms with Crippen molar-refractivity contribution < 1.29 is 19.2 Å². The number of fused-ring (bicyclic) bond motifs is 1. The Morgan fingerprint density at radius 2 is 1.89 bits per heavy atom. The molecule has 4 amide bonds. The number of carbonyl (C=O) groups excluding carboxylic acids is 4. The SMILES string of the molecule is O=C1CC(N2C(=O)c3cccc(Br)c3C2=O)C(=O)N1. The Bertz CT molecular complexity index is 655. The molecule has 0 radical (unpaired) electrons. The summed E-state index contributed by atoms with van der Waals surface area (Å²) in [5.41, 5.74) is 0.478. The molecule has 19 heavy (non-hydrogen) atoms. The number of rotatable bonds is 1. The van der Waals surface area contributed by atoms with E-state index in [1.54, 1.807) is 12.1 Å². The van der Waals surface area contributed by atoms with Gasteiger partial charge in [-0.1, -0.05) is 6.07 Å². The van der Waals surface area contributed by atoms with Crippen molar-refractivity contribution in [3.05, 3.63) is 33.8 Å². The Morgan fingerprint density at radius 3 is 2.47 bits per heavy atom. The highest BCUT2D eigenvalue weighted by Gasteiger charge is 2.47. The zero-order chi connectivity index (χ0) is 13.7. The number of carbonyl (C=O) groups is 4. The average Bonchev–Trinajstić information content (AvgIpc) is 2.79. The van der Waals surface area contributed by atoms with Gasteiger partial charge in [0, 0.05) is 4.47 Å². The summed E-state index contributed by atoms with van der Waals surface area (Å²) >= 11 is 3.21. The number of imide groups is 2. The second kappa shape index (κ2) is 3.99. The molecular formula is C12H7BrN2O4. The normalized spacial score (nSPS) is 21.9. The van der Waals surface area contributed by atoms with Crippen LogP contribution in [0, 0.1) is 0 Å². The van der Waals surface area contributed by atoms with Crippen LogP contribution >= 0.6 is 15.9 Å². The highest BCUT2D eigenvalue weighted by Crippen LogP contribution is 2.31. The standard InChI is InChI=1S/C12H7BrN2O4/c13-6-3-1-2-5-9(6)12(19)15(11(5)18)7-4-8(16)14-10(7)17/h1-3,7H,4H2,(H,14,16,17). The smallest absolute Gasteiger partial charge is 0.263 e. The third-order valence-corrected chi connectivity index (χ3v) is 3.81. The monoisotopic (exact) mass is 322 g/mol. The largest absolute Gasteiger partial charge is 0.295 e. The summed E-state index contributed by atoms with van der Waals surface area (Å²) in [6.45, 7) is 0. The number of hydrogen-bond donors (Lipinski definition) is 1. The first-order valence-corrected chi connectivity index (χ1v) is 6.30. The van der Waals surface area contributed by atoms with E-state index < -0.39 is 29.7 Å². The van der Waals surface area contributed by atoms with Crippen molar-refractivity contribution in [2.45, 2.75) is 12.5 Å². The van der Waals surface area contributed by atoms with Gasteiger partial charge in [-0.15, -0.1) is 0 Å². The van der Waals surface area contributed by atoms with E-state index in [1.807, 2.05) is 0 Å². The molecule has 0 saturated carbocycles. The van der Waals surface area contributed by atoms with Crippen molar-refractivity contribution in [3.63, 3.8) is 0 Å². The zero-order valence-electron chi connectivity index (χ0n) is 9.47. The molecule has 3 rings (SSSR count). The first-order valence-electron chi connectivity index (χ1n) is 5.51. The lowest BCUT2D eigenvalue weighted by Crippen LogP contribution is -2.44. The van der Waals surface area contributed by atoms with Crippen molar-refractivity contribution in [2.24, 2.45) is 0 Å².